The normalized spacial score (nSPS) is 20.0. The van der Waals surface area contributed by atoms with Crippen LogP contribution in [0.4, 0.5) is 0 Å². The van der Waals surface area contributed by atoms with Crippen LogP contribution in [0.5, 0.6) is 11.5 Å². The molecule has 1 heterocycles. The number of carbonyl (C=O) groups is 1. The molecule has 146 valence electrons. The van der Waals surface area contributed by atoms with E-state index in [1.165, 1.54) is 0 Å². The van der Waals surface area contributed by atoms with E-state index in [0.29, 0.717) is 31.1 Å². The smallest absolute Gasteiger partial charge is 0.224 e. The lowest BCUT2D eigenvalue weighted by Crippen LogP contribution is -2.36. The summed E-state index contributed by atoms with van der Waals surface area (Å²) < 4.78 is 34.5. The van der Waals surface area contributed by atoms with Crippen LogP contribution in [-0.2, 0) is 14.6 Å². The van der Waals surface area contributed by atoms with Crippen molar-refractivity contribution in [3.63, 3.8) is 0 Å². The Morgan fingerprint density at radius 2 is 1.85 bits per heavy atom. The molecule has 7 heteroatoms. The van der Waals surface area contributed by atoms with Crippen LogP contribution in [0.3, 0.4) is 0 Å². The minimum absolute atomic E-state index is 0.0584. The molecule has 26 heavy (non-hydrogen) atoms. The van der Waals surface area contributed by atoms with E-state index in [1.54, 1.807) is 0 Å². The van der Waals surface area contributed by atoms with Gasteiger partial charge in [0.05, 0.1) is 36.7 Å². The second-order valence-corrected chi connectivity index (χ2v) is 9.13. The summed E-state index contributed by atoms with van der Waals surface area (Å²) in [4.78, 5) is 12.6. The van der Waals surface area contributed by atoms with Gasteiger partial charge in [-0.05, 0) is 43.9 Å². The van der Waals surface area contributed by atoms with Gasteiger partial charge in [-0.25, -0.2) is 8.42 Å². The van der Waals surface area contributed by atoms with Gasteiger partial charge in [0.25, 0.3) is 0 Å². The maximum Gasteiger partial charge on any atom is 0.224 e. The number of carbonyl (C=O) groups excluding carboxylic acids is 1. The molecule has 0 unspecified atom stereocenters. The van der Waals surface area contributed by atoms with Gasteiger partial charge in [-0.2, -0.15) is 0 Å². The van der Waals surface area contributed by atoms with Gasteiger partial charge in [-0.3, -0.25) is 4.79 Å². The predicted molar refractivity (Wildman–Crippen MR) is 101 cm³/mol. The summed E-state index contributed by atoms with van der Waals surface area (Å²) in [6.07, 6.45) is 0.395. The van der Waals surface area contributed by atoms with Crippen molar-refractivity contribution >= 4 is 15.7 Å². The first-order valence-electron chi connectivity index (χ1n) is 9.17. The zero-order chi connectivity index (χ0) is 19.3. The van der Waals surface area contributed by atoms with Crippen molar-refractivity contribution in [2.45, 2.75) is 40.2 Å². The fourth-order valence-corrected chi connectivity index (χ4v) is 4.91. The van der Waals surface area contributed by atoms with Gasteiger partial charge in [0.1, 0.15) is 0 Å². The summed E-state index contributed by atoms with van der Waals surface area (Å²) in [6.45, 7) is 8.92. The minimum Gasteiger partial charge on any atom is -0.490 e. The van der Waals surface area contributed by atoms with Crippen molar-refractivity contribution in [3.05, 3.63) is 23.8 Å². The van der Waals surface area contributed by atoms with E-state index in [1.807, 2.05) is 45.9 Å². The Hall–Kier alpha value is -1.76. The Morgan fingerprint density at radius 3 is 2.38 bits per heavy atom. The van der Waals surface area contributed by atoms with E-state index < -0.39 is 15.8 Å². The van der Waals surface area contributed by atoms with Crippen LogP contribution in [0.15, 0.2) is 18.2 Å². The Kier molecular flexibility index (Phi) is 6.92. The molecule has 0 radical (unpaired) electrons. The lowest BCUT2D eigenvalue weighted by atomic mass is 9.94. The average Bonchev–Trinajstić information content (AvgIpc) is 2.94. The van der Waals surface area contributed by atoms with Crippen molar-refractivity contribution in [3.8, 4) is 11.5 Å². The molecule has 0 spiro atoms. The van der Waals surface area contributed by atoms with Gasteiger partial charge in [-0.15, -0.1) is 0 Å². The number of sulfone groups is 1. The fraction of sp³-hybridized carbons (Fsp3) is 0.632. The van der Waals surface area contributed by atoms with Crippen LogP contribution in [0.2, 0.25) is 0 Å². The highest BCUT2D eigenvalue weighted by Crippen LogP contribution is 2.33. The molecule has 1 aromatic rings. The number of amides is 1. The maximum absolute atomic E-state index is 12.6. The molecular formula is C19H29NO5S. The Labute approximate surface area is 156 Å². The molecule has 0 saturated carbocycles. The third-order valence-electron chi connectivity index (χ3n) is 4.49. The second kappa shape index (κ2) is 8.75. The van der Waals surface area contributed by atoms with Crippen molar-refractivity contribution in [2.75, 3.05) is 24.7 Å². The maximum atomic E-state index is 12.6. The minimum atomic E-state index is -3.08. The van der Waals surface area contributed by atoms with E-state index in [0.717, 1.165) is 5.56 Å². The van der Waals surface area contributed by atoms with Crippen LogP contribution >= 0.6 is 0 Å². The van der Waals surface area contributed by atoms with Crippen molar-refractivity contribution < 1.29 is 22.7 Å². The molecule has 0 aliphatic carbocycles. The molecule has 0 aromatic heterocycles. The SMILES string of the molecule is CCOc1ccc([C@H](NC(=O)[C@H]2CCS(=O)(=O)C2)C(C)C)cc1OCC. The van der Waals surface area contributed by atoms with Crippen LogP contribution in [-0.4, -0.2) is 39.0 Å². The van der Waals surface area contributed by atoms with Crippen molar-refractivity contribution in [1.82, 2.24) is 5.32 Å². The molecular weight excluding hydrogens is 354 g/mol. The summed E-state index contributed by atoms with van der Waals surface area (Å²) in [5.41, 5.74) is 0.918. The van der Waals surface area contributed by atoms with Crippen LogP contribution in [0.25, 0.3) is 0 Å². The molecule has 1 aromatic carbocycles. The quantitative estimate of drug-likeness (QED) is 0.746. The summed E-state index contributed by atoms with van der Waals surface area (Å²) >= 11 is 0. The monoisotopic (exact) mass is 383 g/mol. The van der Waals surface area contributed by atoms with Gasteiger partial charge < -0.3 is 14.8 Å². The van der Waals surface area contributed by atoms with E-state index in [4.69, 9.17) is 9.47 Å². The summed E-state index contributed by atoms with van der Waals surface area (Å²) in [6, 6.07) is 5.45. The van der Waals surface area contributed by atoms with Gasteiger partial charge >= 0.3 is 0 Å². The molecule has 1 fully saturated rings. The third-order valence-corrected chi connectivity index (χ3v) is 6.26. The fourth-order valence-electron chi connectivity index (χ4n) is 3.17. The van der Waals surface area contributed by atoms with E-state index in [2.05, 4.69) is 5.32 Å². The zero-order valence-corrected chi connectivity index (χ0v) is 16.8. The molecule has 1 amide bonds. The molecule has 6 nitrogen and oxygen atoms in total. The lowest BCUT2D eigenvalue weighted by Gasteiger charge is -2.25. The van der Waals surface area contributed by atoms with Gasteiger partial charge in [-0.1, -0.05) is 19.9 Å². The number of nitrogens with one attached hydrogen (secondary N) is 1. The van der Waals surface area contributed by atoms with Gasteiger partial charge in [0.2, 0.25) is 5.91 Å². The topological polar surface area (TPSA) is 81.7 Å². The largest absolute Gasteiger partial charge is 0.490 e. The summed E-state index contributed by atoms with van der Waals surface area (Å²) in [5.74, 6) is 0.840. The molecule has 0 bridgehead atoms. The van der Waals surface area contributed by atoms with Gasteiger partial charge in [0.15, 0.2) is 21.3 Å². The molecule has 1 aliphatic heterocycles. The highest BCUT2D eigenvalue weighted by Gasteiger charge is 2.34. The van der Waals surface area contributed by atoms with Gasteiger partial charge in [0, 0.05) is 0 Å². The highest BCUT2D eigenvalue weighted by molar-refractivity contribution is 7.91. The summed E-state index contributed by atoms with van der Waals surface area (Å²) in [5, 5.41) is 3.03. The number of hydrogen-bond donors (Lipinski definition) is 1. The van der Waals surface area contributed by atoms with Crippen LogP contribution < -0.4 is 14.8 Å². The van der Waals surface area contributed by atoms with Crippen LogP contribution in [0.1, 0.15) is 45.7 Å². The first-order valence-corrected chi connectivity index (χ1v) is 11.0. The Morgan fingerprint density at radius 1 is 1.19 bits per heavy atom. The highest BCUT2D eigenvalue weighted by atomic mass is 32.2. The molecule has 1 saturated heterocycles. The number of hydrogen-bond acceptors (Lipinski definition) is 5. The Balaban J connectivity index is 2.21. The average molecular weight is 384 g/mol. The van der Waals surface area contributed by atoms with Crippen LogP contribution in [0, 0.1) is 11.8 Å². The Bertz CT molecular complexity index is 729. The first kappa shape index (κ1) is 20.6. The third kappa shape index (κ3) is 5.13. The van der Waals surface area contributed by atoms with E-state index in [-0.39, 0.29) is 29.4 Å². The molecule has 2 atom stereocenters. The standard InChI is InChI=1S/C19H29NO5S/c1-5-24-16-8-7-14(11-17(16)25-6-2)18(13(3)4)20-19(21)15-9-10-26(22,23)12-15/h7-8,11,13,15,18H,5-6,9-10,12H2,1-4H3,(H,20,21)/t15-,18+/m0/s1. The zero-order valence-electron chi connectivity index (χ0n) is 15.9. The van der Waals surface area contributed by atoms with Crippen molar-refractivity contribution in [2.24, 2.45) is 11.8 Å². The molecule has 1 aliphatic rings. The molecule has 1 N–H and O–H groups in total. The van der Waals surface area contributed by atoms with Crippen molar-refractivity contribution in [1.29, 1.82) is 0 Å². The first-order chi connectivity index (χ1) is 12.3. The number of rotatable bonds is 8. The second-order valence-electron chi connectivity index (χ2n) is 6.90. The summed E-state index contributed by atoms with van der Waals surface area (Å²) in [7, 11) is -3.08. The number of ether oxygens (including phenoxy) is 2. The van der Waals surface area contributed by atoms with E-state index >= 15 is 0 Å². The molecule has 2 rings (SSSR count). The van der Waals surface area contributed by atoms with E-state index in [9.17, 15) is 13.2 Å². The predicted octanol–water partition coefficient (Wildman–Crippen LogP) is 2.73. The lowest BCUT2D eigenvalue weighted by molar-refractivity contribution is -0.125. The number of benzene rings is 1.